The Hall–Kier alpha value is -1.70. The van der Waals surface area contributed by atoms with Crippen LogP contribution < -0.4 is 24.8 Å². The van der Waals surface area contributed by atoms with Crippen molar-refractivity contribution in [2.75, 3.05) is 0 Å². The van der Waals surface area contributed by atoms with Crippen molar-refractivity contribution in [1.82, 2.24) is 0 Å². The van der Waals surface area contributed by atoms with Gasteiger partial charge < -0.3 is 24.8 Å². The first-order chi connectivity index (χ1) is 17.4. The summed E-state index contributed by atoms with van der Waals surface area (Å²) in [6.45, 7) is 14.9. The Morgan fingerprint density at radius 2 is 1.26 bits per heavy atom. The fourth-order valence-electron chi connectivity index (χ4n) is 6.67. The summed E-state index contributed by atoms with van der Waals surface area (Å²) in [5.74, 6) is 0.627. The molecule has 4 aromatic rings. The maximum absolute atomic E-state index is 2.74. The van der Waals surface area contributed by atoms with E-state index in [4.69, 9.17) is 0 Å². The second kappa shape index (κ2) is 11.4. The van der Waals surface area contributed by atoms with Gasteiger partial charge in [-0.25, -0.2) is 0 Å². The van der Waals surface area contributed by atoms with Crippen molar-refractivity contribution in [3.05, 3.63) is 122 Å². The van der Waals surface area contributed by atoms with Crippen molar-refractivity contribution >= 4 is 32.6 Å². The molecule has 0 nitrogen and oxygen atoms in total. The van der Waals surface area contributed by atoms with Crippen LogP contribution in [0.3, 0.4) is 0 Å². The Labute approximate surface area is 248 Å². The summed E-state index contributed by atoms with van der Waals surface area (Å²) in [7, 11) is 0. The van der Waals surface area contributed by atoms with Gasteiger partial charge in [-0.3, -0.25) is 0 Å². The van der Waals surface area contributed by atoms with Crippen LogP contribution in [0.15, 0.2) is 105 Å². The molecule has 2 atom stereocenters. The van der Waals surface area contributed by atoms with Crippen molar-refractivity contribution in [2.45, 2.75) is 44.4 Å². The zero-order chi connectivity index (χ0) is 25.1. The van der Waals surface area contributed by atoms with E-state index in [1.165, 1.54) is 38.2 Å². The first kappa shape index (κ1) is 29.3. The van der Waals surface area contributed by atoms with Crippen molar-refractivity contribution in [1.29, 1.82) is 0 Å². The molecule has 6 rings (SSSR count). The molecule has 0 amide bonds. The molecule has 0 saturated heterocycles. The molecule has 0 radical (unpaired) electrons. The maximum Gasteiger partial charge on any atom is -1.00 e. The maximum atomic E-state index is 2.74. The molecule has 0 aromatic heterocycles. The normalized spacial score (nSPS) is 18.1. The van der Waals surface area contributed by atoms with Crippen molar-refractivity contribution in [2.24, 2.45) is 5.92 Å². The van der Waals surface area contributed by atoms with E-state index in [0.29, 0.717) is 9.54 Å². The quantitative estimate of drug-likeness (QED) is 0.239. The van der Waals surface area contributed by atoms with Gasteiger partial charge in [0, 0.05) is 0 Å². The summed E-state index contributed by atoms with van der Waals surface area (Å²) >= 11 is -2.03. The second-order valence-electron chi connectivity index (χ2n) is 10.8. The Bertz CT molecular complexity index is 1650. The standard InChI is InChI=1S/C23H15.C9H13.C2H6Si.2ClH.Zr/c1-4-10-19-16(7-1)13-14-22(19)23-20-11-5-2-8-17(20)15-18-9-3-6-12-21(18)23;1-6-5-7(2)9(4)8(6)3;1-3-2;;;/h1-15H;6H,1-4H3;1-2H3;2*1H;/q;;;;;+2/p-2. The van der Waals surface area contributed by atoms with Gasteiger partial charge in [-0.05, 0) is 0 Å². The predicted octanol–water partition coefficient (Wildman–Crippen LogP) is 3.62. The number of allylic oxidation sites excluding steroid dienone is 5. The van der Waals surface area contributed by atoms with Gasteiger partial charge in [0.15, 0.2) is 0 Å². The minimum Gasteiger partial charge on any atom is -1.00 e. The molecule has 4 heteroatoms. The van der Waals surface area contributed by atoms with Gasteiger partial charge in [0.25, 0.3) is 0 Å². The first-order valence-corrected chi connectivity index (χ1v) is 22.0. The number of halogens is 2. The minimum absolute atomic E-state index is 0. The van der Waals surface area contributed by atoms with Gasteiger partial charge in [-0.1, -0.05) is 0 Å². The van der Waals surface area contributed by atoms with Crippen LogP contribution >= 0.6 is 0 Å². The summed E-state index contributed by atoms with van der Waals surface area (Å²) in [5, 5.41) is 5.42. The third kappa shape index (κ3) is 4.56. The molecule has 38 heavy (non-hydrogen) atoms. The number of benzene rings is 4. The molecule has 0 fully saturated rings. The summed E-state index contributed by atoms with van der Waals surface area (Å²) in [4.78, 5) is 0. The van der Waals surface area contributed by atoms with Crippen LogP contribution in [0.25, 0.3) is 27.1 Å². The van der Waals surface area contributed by atoms with Crippen LogP contribution in [0, 0.1) is 5.92 Å². The Morgan fingerprint density at radius 1 is 0.711 bits per heavy atom. The molecule has 2 unspecified atom stereocenters. The zero-order valence-corrected chi connectivity index (χ0v) is 28.0. The van der Waals surface area contributed by atoms with Crippen LogP contribution in [-0.4, -0.2) is 5.43 Å². The van der Waals surface area contributed by atoms with Crippen molar-refractivity contribution < 1.29 is 45.2 Å². The molecule has 0 aliphatic heterocycles. The van der Waals surface area contributed by atoms with Gasteiger partial charge >= 0.3 is 225 Å². The first-order valence-electron chi connectivity index (χ1n) is 13.2. The Balaban J connectivity index is 0.00000168. The van der Waals surface area contributed by atoms with Gasteiger partial charge in [0.2, 0.25) is 0 Å². The van der Waals surface area contributed by atoms with Gasteiger partial charge in [-0.2, -0.15) is 0 Å². The van der Waals surface area contributed by atoms with E-state index < -0.39 is 25.8 Å². The average Bonchev–Trinajstić information content (AvgIpc) is 3.34. The number of fused-ring (bicyclic) bond motifs is 3. The van der Waals surface area contributed by atoms with E-state index in [2.05, 4.69) is 126 Å². The van der Waals surface area contributed by atoms with E-state index in [9.17, 15) is 0 Å². The zero-order valence-electron chi connectivity index (χ0n) is 23.0. The van der Waals surface area contributed by atoms with Crippen LogP contribution in [0.4, 0.5) is 0 Å². The van der Waals surface area contributed by atoms with Crippen LogP contribution in [0.1, 0.15) is 48.0 Å². The third-order valence-electron chi connectivity index (χ3n) is 8.74. The Morgan fingerprint density at radius 3 is 1.82 bits per heavy atom. The number of rotatable bonds is 3. The molecular formula is C34H34Cl2SiZr. The number of hydrogen-bond acceptors (Lipinski definition) is 0. The summed E-state index contributed by atoms with van der Waals surface area (Å²) in [6, 6.07) is 29.7. The van der Waals surface area contributed by atoms with E-state index in [0.717, 1.165) is 0 Å². The summed E-state index contributed by atoms with van der Waals surface area (Å²) < 4.78 is 2.51. The fraction of sp³-hybridized carbons (Fsp3) is 0.235. The van der Waals surface area contributed by atoms with Crippen LogP contribution in [0.5, 0.6) is 0 Å². The predicted molar refractivity (Wildman–Crippen MR) is 155 cm³/mol. The molecule has 0 N–H and O–H groups in total. The molecular weight excluding hydrogens is 599 g/mol. The van der Waals surface area contributed by atoms with Gasteiger partial charge in [0.05, 0.1) is 0 Å². The summed E-state index contributed by atoms with van der Waals surface area (Å²) in [5.41, 5.74) is 10.4. The van der Waals surface area contributed by atoms with E-state index in [-0.39, 0.29) is 24.8 Å². The second-order valence-corrected chi connectivity index (χ2v) is 28.3. The van der Waals surface area contributed by atoms with Crippen molar-refractivity contribution in [3.63, 3.8) is 0 Å². The summed E-state index contributed by atoms with van der Waals surface area (Å²) in [6.07, 6.45) is 2.74. The van der Waals surface area contributed by atoms with Gasteiger partial charge in [-0.15, -0.1) is 0 Å². The van der Waals surface area contributed by atoms with Crippen molar-refractivity contribution in [3.8, 4) is 0 Å². The number of hydrogen-bond donors (Lipinski definition) is 0. The molecule has 2 aliphatic carbocycles. The fourth-order valence-corrected chi connectivity index (χ4v) is 26.3. The molecule has 2 aliphatic rings. The molecule has 4 aromatic carbocycles. The minimum atomic E-state index is -2.03. The average molecular weight is 633 g/mol. The monoisotopic (exact) mass is 630 g/mol. The van der Waals surface area contributed by atoms with Crippen LogP contribution in [-0.2, 0) is 20.4 Å². The smallest absolute Gasteiger partial charge is 1.00 e. The van der Waals surface area contributed by atoms with E-state index in [1.807, 2.05) is 3.28 Å². The van der Waals surface area contributed by atoms with E-state index in [1.54, 1.807) is 22.3 Å². The molecule has 0 bridgehead atoms. The molecule has 0 saturated carbocycles. The molecule has 192 valence electrons. The largest absolute Gasteiger partial charge is 1.00 e. The third-order valence-corrected chi connectivity index (χ3v) is 27.3. The van der Waals surface area contributed by atoms with Gasteiger partial charge in [0.1, 0.15) is 0 Å². The topological polar surface area (TPSA) is 0 Å². The van der Waals surface area contributed by atoms with E-state index >= 15 is 0 Å². The van der Waals surface area contributed by atoms with Crippen LogP contribution in [0.2, 0.25) is 13.1 Å². The SMILES string of the molecule is CC1=C(C)C(C)[C]([Zr+2]([CH]2C=C(c3c4ccccc4cc4ccccc34)c3ccccc32)=[Si](C)C)=C1C.[Cl-].[Cl-]. The Kier molecular flexibility index (Phi) is 8.80. The molecule has 0 spiro atoms. The molecule has 0 heterocycles.